The van der Waals surface area contributed by atoms with Crippen LogP contribution in [-0.2, 0) is 13.2 Å². The number of benzene rings is 1. The van der Waals surface area contributed by atoms with E-state index in [1.54, 1.807) is 23.0 Å². The van der Waals surface area contributed by atoms with E-state index in [0.717, 1.165) is 17.8 Å². The van der Waals surface area contributed by atoms with E-state index in [1.165, 1.54) is 7.11 Å². The first-order valence-electron chi connectivity index (χ1n) is 7.90. The predicted molar refractivity (Wildman–Crippen MR) is 95.9 cm³/mol. The van der Waals surface area contributed by atoms with Gasteiger partial charge in [-0.15, -0.1) is 0 Å². The van der Waals surface area contributed by atoms with Gasteiger partial charge in [-0.25, -0.2) is 9.97 Å². The number of hydrogen-bond donors (Lipinski definition) is 1. The standard InChI is InChI=1S/C18H16ClF3N4O/c1-26-8-7-23-17(26)15(12-5-3-4-6-14(12)27-2)25-16-13(19)9-11(10-24-16)18(20,21)22/h3-10,15H,1-2H3,(H,24,25)/t15-/m0/s1. The summed E-state index contributed by atoms with van der Waals surface area (Å²) in [5.41, 5.74) is -0.170. The molecule has 0 radical (unpaired) electrons. The second-order valence-electron chi connectivity index (χ2n) is 5.77. The smallest absolute Gasteiger partial charge is 0.417 e. The minimum Gasteiger partial charge on any atom is -0.496 e. The largest absolute Gasteiger partial charge is 0.496 e. The molecule has 142 valence electrons. The third-order valence-corrected chi connectivity index (χ3v) is 4.30. The fourth-order valence-electron chi connectivity index (χ4n) is 2.68. The molecule has 1 atom stereocenters. The van der Waals surface area contributed by atoms with Crippen LogP contribution in [0.4, 0.5) is 19.0 Å². The summed E-state index contributed by atoms with van der Waals surface area (Å²) in [5.74, 6) is 1.34. The van der Waals surface area contributed by atoms with E-state index in [4.69, 9.17) is 16.3 Å². The number of pyridine rings is 1. The summed E-state index contributed by atoms with van der Waals surface area (Å²) < 4.78 is 45.8. The quantitative estimate of drug-likeness (QED) is 0.679. The van der Waals surface area contributed by atoms with Gasteiger partial charge in [0.05, 0.1) is 17.7 Å². The Kier molecular flexibility index (Phi) is 5.27. The number of ether oxygens (including phenoxy) is 1. The number of hydrogen-bond acceptors (Lipinski definition) is 4. The molecule has 3 aromatic rings. The molecule has 0 amide bonds. The number of para-hydroxylation sites is 1. The number of imidazole rings is 1. The van der Waals surface area contributed by atoms with E-state index >= 15 is 0 Å². The van der Waals surface area contributed by atoms with Crippen molar-refractivity contribution in [2.45, 2.75) is 12.2 Å². The van der Waals surface area contributed by atoms with Crippen LogP contribution in [0.15, 0.2) is 48.9 Å². The van der Waals surface area contributed by atoms with Crippen LogP contribution in [0.25, 0.3) is 0 Å². The monoisotopic (exact) mass is 396 g/mol. The summed E-state index contributed by atoms with van der Waals surface area (Å²) in [5, 5.41) is 2.95. The van der Waals surface area contributed by atoms with E-state index in [1.807, 2.05) is 25.2 Å². The Bertz CT molecular complexity index is 942. The van der Waals surface area contributed by atoms with Crippen molar-refractivity contribution in [2.24, 2.45) is 7.05 Å². The molecule has 27 heavy (non-hydrogen) atoms. The summed E-state index contributed by atoms with van der Waals surface area (Å²) in [6.45, 7) is 0. The van der Waals surface area contributed by atoms with Crippen LogP contribution in [0.2, 0.25) is 5.02 Å². The van der Waals surface area contributed by atoms with E-state index in [9.17, 15) is 13.2 Å². The van der Waals surface area contributed by atoms with E-state index in [2.05, 4.69) is 15.3 Å². The van der Waals surface area contributed by atoms with Gasteiger partial charge in [-0.1, -0.05) is 29.8 Å². The molecule has 2 heterocycles. The Balaban J connectivity index is 2.04. The molecular weight excluding hydrogens is 381 g/mol. The molecule has 0 fully saturated rings. The molecule has 0 aliphatic rings. The molecular formula is C18H16ClF3N4O. The molecule has 0 aliphatic heterocycles. The average molecular weight is 397 g/mol. The normalized spacial score (nSPS) is 12.7. The second kappa shape index (κ2) is 7.48. The molecule has 2 aromatic heterocycles. The molecule has 0 aliphatic carbocycles. The Morgan fingerprint density at radius 1 is 1.22 bits per heavy atom. The van der Waals surface area contributed by atoms with Crippen molar-refractivity contribution in [2.75, 3.05) is 12.4 Å². The molecule has 0 saturated heterocycles. The van der Waals surface area contributed by atoms with Gasteiger partial charge >= 0.3 is 6.18 Å². The van der Waals surface area contributed by atoms with Crippen molar-refractivity contribution in [3.63, 3.8) is 0 Å². The van der Waals surface area contributed by atoms with Crippen LogP contribution in [0.5, 0.6) is 5.75 Å². The Labute approximate surface area is 158 Å². The van der Waals surface area contributed by atoms with E-state index < -0.39 is 17.8 Å². The highest BCUT2D eigenvalue weighted by molar-refractivity contribution is 6.33. The molecule has 0 unspecified atom stereocenters. The van der Waals surface area contributed by atoms with Gasteiger partial charge in [0.1, 0.15) is 23.4 Å². The SMILES string of the molecule is COc1ccccc1[C@H](Nc1ncc(C(F)(F)F)cc1Cl)c1nccn1C. The van der Waals surface area contributed by atoms with Gasteiger partial charge in [0, 0.05) is 31.2 Å². The van der Waals surface area contributed by atoms with Crippen LogP contribution in [0, 0.1) is 0 Å². The molecule has 0 saturated carbocycles. The topological polar surface area (TPSA) is 52.0 Å². The van der Waals surface area contributed by atoms with E-state index in [-0.39, 0.29) is 10.8 Å². The third-order valence-electron chi connectivity index (χ3n) is 4.02. The lowest BCUT2D eigenvalue weighted by molar-refractivity contribution is -0.137. The number of nitrogens with zero attached hydrogens (tertiary/aromatic N) is 3. The highest BCUT2D eigenvalue weighted by Crippen LogP contribution is 2.36. The molecule has 9 heteroatoms. The van der Waals surface area contributed by atoms with Gasteiger partial charge in [0.25, 0.3) is 0 Å². The van der Waals surface area contributed by atoms with Gasteiger partial charge < -0.3 is 14.6 Å². The van der Waals surface area contributed by atoms with Gasteiger partial charge in [-0.05, 0) is 12.1 Å². The van der Waals surface area contributed by atoms with Crippen molar-refractivity contribution >= 4 is 17.4 Å². The van der Waals surface area contributed by atoms with Crippen LogP contribution < -0.4 is 10.1 Å². The highest BCUT2D eigenvalue weighted by Gasteiger charge is 2.32. The summed E-state index contributed by atoms with van der Waals surface area (Å²) in [6.07, 6.45) is -0.384. The summed E-state index contributed by atoms with van der Waals surface area (Å²) >= 11 is 6.06. The zero-order valence-electron chi connectivity index (χ0n) is 14.5. The van der Waals surface area contributed by atoms with E-state index in [0.29, 0.717) is 11.6 Å². The minimum atomic E-state index is -4.52. The Morgan fingerprint density at radius 2 is 1.96 bits per heavy atom. The average Bonchev–Trinajstić information content (AvgIpc) is 3.05. The number of rotatable bonds is 5. The maximum Gasteiger partial charge on any atom is 0.417 e. The molecule has 1 aromatic carbocycles. The first kappa shape index (κ1) is 19.0. The maximum absolute atomic E-state index is 12.9. The fourth-order valence-corrected chi connectivity index (χ4v) is 2.90. The van der Waals surface area contributed by atoms with Crippen LogP contribution in [0.1, 0.15) is 23.0 Å². The summed E-state index contributed by atoms with van der Waals surface area (Å²) in [6, 6.07) is 7.58. The van der Waals surface area contributed by atoms with Gasteiger partial charge in [-0.2, -0.15) is 13.2 Å². The maximum atomic E-state index is 12.9. The number of methoxy groups -OCH3 is 1. The molecule has 0 spiro atoms. The van der Waals surface area contributed by atoms with Gasteiger partial charge in [0.15, 0.2) is 0 Å². The lowest BCUT2D eigenvalue weighted by atomic mass is 10.0. The zero-order valence-corrected chi connectivity index (χ0v) is 15.2. The lowest BCUT2D eigenvalue weighted by Gasteiger charge is -2.22. The number of anilines is 1. The minimum absolute atomic E-state index is 0.114. The summed E-state index contributed by atoms with van der Waals surface area (Å²) in [4.78, 5) is 8.21. The third kappa shape index (κ3) is 4.00. The van der Waals surface area contributed by atoms with Gasteiger partial charge in [-0.3, -0.25) is 0 Å². The number of aryl methyl sites for hydroxylation is 1. The van der Waals surface area contributed by atoms with Crippen LogP contribution in [-0.4, -0.2) is 21.6 Å². The van der Waals surface area contributed by atoms with Crippen LogP contribution in [0.3, 0.4) is 0 Å². The number of halogens is 4. The first-order chi connectivity index (χ1) is 12.8. The molecule has 1 N–H and O–H groups in total. The number of nitrogens with one attached hydrogen (secondary N) is 1. The van der Waals surface area contributed by atoms with Crippen molar-refractivity contribution in [1.82, 2.24) is 14.5 Å². The predicted octanol–water partition coefficient (Wildman–Crippen LogP) is 4.70. The van der Waals surface area contributed by atoms with Crippen molar-refractivity contribution < 1.29 is 17.9 Å². The molecule has 3 rings (SSSR count). The Hall–Kier alpha value is -2.74. The zero-order chi connectivity index (χ0) is 19.6. The molecule has 0 bridgehead atoms. The van der Waals surface area contributed by atoms with Gasteiger partial charge in [0.2, 0.25) is 0 Å². The highest BCUT2D eigenvalue weighted by atomic mass is 35.5. The number of alkyl halides is 3. The Morgan fingerprint density at radius 3 is 2.56 bits per heavy atom. The van der Waals surface area contributed by atoms with Crippen molar-refractivity contribution in [3.8, 4) is 5.75 Å². The lowest BCUT2D eigenvalue weighted by Crippen LogP contribution is -2.19. The van der Waals surface area contributed by atoms with Crippen molar-refractivity contribution in [3.05, 3.63) is 70.9 Å². The summed E-state index contributed by atoms with van der Waals surface area (Å²) in [7, 11) is 3.35. The fraction of sp³-hybridized carbons (Fsp3) is 0.222. The van der Waals surface area contributed by atoms with Crippen molar-refractivity contribution in [1.29, 1.82) is 0 Å². The second-order valence-corrected chi connectivity index (χ2v) is 6.18. The number of aromatic nitrogens is 3. The molecule has 5 nitrogen and oxygen atoms in total. The first-order valence-corrected chi connectivity index (χ1v) is 8.28. The van der Waals surface area contributed by atoms with Crippen LogP contribution >= 0.6 is 11.6 Å².